The minimum atomic E-state index is -0.185. The fraction of sp³-hybridized carbons (Fsp3) is 0.167. The van der Waals surface area contributed by atoms with Crippen molar-refractivity contribution < 1.29 is 4.39 Å². The first-order valence-corrected chi connectivity index (χ1v) is 8.05. The number of hydrogen-bond donors (Lipinski definition) is 0. The monoisotopic (exact) mass is 312 g/mol. The molecule has 112 valence electrons. The third kappa shape index (κ3) is 4.23. The smallest absolute Gasteiger partial charge is 0.123 e. The number of pyridine rings is 1. The molecule has 0 amide bonds. The van der Waals surface area contributed by atoms with E-state index in [0.29, 0.717) is 6.54 Å². The van der Waals surface area contributed by atoms with Crippen molar-refractivity contribution in [2.75, 3.05) is 0 Å². The highest BCUT2D eigenvalue weighted by Crippen LogP contribution is 2.17. The zero-order valence-electron chi connectivity index (χ0n) is 12.2. The van der Waals surface area contributed by atoms with E-state index >= 15 is 0 Å². The molecule has 3 rings (SSSR count). The van der Waals surface area contributed by atoms with Crippen molar-refractivity contribution >= 4 is 11.3 Å². The normalized spacial score (nSPS) is 11.0. The average molecular weight is 312 g/mol. The molecule has 0 unspecified atom stereocenters. The van der Waals surface area contributed by atoms with E-state index in [1.807, 2.05) is 18.3 Å². The summed E-state index contributed by atoms with van der Waals surface area (Å²) in [4.78, 5) is 7.78. The van der Waals surface area contributed by atoms with E-state index in [-0.39, 0.29) is 5.82 Å². The lowest BCUT2D eigenvalue weighted by atomic mass is 10.2. The lowest BCUT2D eigenvalue weighted by Crippen LogP contribution is -2.22. The van der Waals surface area contributed by atoms with Gasteiger partial charge >= 0.3 is 0 Å². The molecule has 0 fully saturated rings. The topological polar surface area (TPSA) is 16.1 Å². The van der Waals surface area contributed by atoms with Crippen LogP contribution >= 0.6 is 11.3 Å². The van der Waals surface area contributed by atoms with E-state index in [1.54, 1.807) is 29.7 Å². The second kappa shape index (κ2) is 7.29. The van der Waals surface area contributed by atoms with Gasteiger partial charge in [0.25, 0.3) is 0 Å². The summed E-state index contributed by atoms with van der Waals surface area (Å²) < 4.78 is 13.4. The van der Waals surface area contributed by atoms with Crippen LogP contribution in [0.3, 0.4) is 0 Å². The second-order valence-corrected chi connectivity index (χ2v) is 6.25. The number of halogens is 1. The molecule has 0 saturated carbocycles. The van der Waals surface area contributed by atoms with E-state index in [4.69, 9.17) is 0 Å². The van der Waals surface area contributed by atoms with Crippen LogP contribution in [-0.4, -0.2) is 9.88 Å². The van der Waals surface area contributed by atoms with Gasteiger partial charge in [-0.25, -0.2) is 4.39 Å². The van der Waals surface area contributed by atoms with Gasteiger partial charge in [0.15, 0.2) is 0 Å². The zero-order chi connectivity index (χ0) is 15.2. The predicted molar refractivity (Wildman–Crippen MR) is 87.9 cm³/mol. The van der Waals surface area contributed by atoms with Gasteiger partial charge in [0, 0.05) is 36.9 Å². The van der Waals surface area contributed by atoms with Gasteiger partial charge in [-0.2, -0.15) is 0 Å². The SMILES string of the molecule is Fc1cccc(CN(Cc2cccnc2)Cc2cccs2)c1. The number of hydrogen-bond acceptors (Lipinski definition) is 3. The minimum absolute atomic E-state index is 0.185. The quantitative estimate of drug-likeness (QED) is 0.667. The Morgan fingerprint density at radius 3 is 2.55 bits per heavy atom. The van der Waals surface area contributed by atoms with Crippen LogP contribution in [0.25, 0.3) is 0 Å². The molecule has 3 aromatic rings. The molecular weight excluding hydrogens is 295 g/mol. The highest BCUT2D eigenvalue weighted by molar-refractivity contribution is 7.09. The summed E-state index contributed by atoms with van der Waals surface area (Å²) in [5.41, 5.74) is 2.15. The summed E-state index contributed by atoms with van der Waals surface area (Å²) in [6.45, 7) is 2.36. The van der Waals surface area contributed by atoms with E-state index in [1.165, 1.54) is 10.9 Å². The highest BCUT2D eigenvalue weighted by Gasteiger charge is 2.09. The molecule has 0 aliphatic heterocycles. The summed E-state index contributed by atoms with van der Waals surface area (Å²) in [5.74, 6) is -0.185. The summed E-state index contributed by atoms with van der Waals surface area (Å²) in [6.07, 6.45) is 3.66. The standard InChI is InChI=1S/C18H17FN2S/c19-17-6-1-4-15(10-17)12-21(14-18-7-3-9-22-18)13-16-5-2-8-20-11-16/h1-11H,12-14H2. The van der Waals surface area contributed by atoms with E-state index in [9.17, 15) is 4.39 Å². The average Bonchev–Trinajstić information content (AvgIpc) is 3.01. The molecule has 0 radical (unpaired) electrons. The van der Waals surface area contributed by atoms with Crippen LogP contribution in [0.4, 0.5) is 4.39 Å². The lowest BCUT2D eigenvalue weighted by Gasteiger charge is -2.22. The van der Waals surface area contributed by atoms with Crippen molar-refractivity contribution in [1.29, 1.82) is 0 Å². The van der Waals surface area contributed by atoms with Gasteiger partial charge in [-0.1, -0.05) is 24.3 Å². The van der Waals surface area contributed by atoms with Crippen molar-refractivity contribution in [3.63, 3.8) is 0 Å². The van der Waals surface area contributed by atoms with Crippen LogP contribution in [0, 0.1) is 5.82 Å². The van der Waals surface area contributed by atoms with Crippen molar-refractivity contribution in [2.45, 2.75) is 19.6 Å². The van der Waals surface area contributed by atoms with Crippen LogP contribution in [0.1, 0.15) is 16.0 Å². The predicted octanol–water partition coefficient (Wildman–Crippen LogP) is 4.48. The molecule has 1 aromatic carbocycles. The Balaban J connectivity index is 1.76. The Kier molecular flexibility index (Phi) is 4.93. The van der Waals surface area contributed by atoms with Crippen molar-refractivity contribution in [2.24, 2.45) is 0 Å². The maximum Gasteiger partial charge on any atom is 0.123 e. The van der Waals surface area contributed by atoms with Gasteiger partial charge in [0.2, 0.25) is 0 Å². The molecule has 0 bridgehead atoms. The largest absolute Gasteiger partial charge is 0.290 e. The number of benzene rings is 1. The van der Waals surface area contributed by atoms with Gasteiger partial charge < -0.3 is 0 Å². The van der Waals surface area contributed by atoms with Gasteiger partial charge in [-0.3, -0.25) is 9.88 Å². The molecule has 0 aliphatic carbocycles. The molecule has 0 spiro atoms. The van der Waals surface area contributed by atoms with Crippen molar-refractivity contribution in [1.82, 2.24) is 9.88 Å². The van der Waals surface area contributed by atoms with Gasteiger partial charge in [0.1, 0.15) is 5.82 Å². The van der Waals surface area contributed by atoms with Crippen molar-refractivity contribution in [3.05, 3.63) is 88.1 Å². The van der Waals surface area contributed by atoms with Crippen LogP contribution < -0.4 is 0 Å². The van der Waals surface area contributed by atoms with E-state index in [0.717, 1.165) is 24.2 Å². The number of aromatic nitrogens is 1. The van der Waals surface area contributed by atoms with Gasteiger partial charge in [-0.15, -0.1) is 11.3 Å². The fourth-order valence-electron chi connectivity index (χ4n) is 2.43. The first kappa shape index (κ1) is 14.9. The maximum atomic E-state index is 13.4. The Bertz CT molecular complexity index is 698. The maximum absolute atomic E-state index is 13.4. The third-order valence-corrected chi connectivity index (χ3v) is 4.24. The zero-order valence-corrected chi connectivity index (χ0v) is 13.0. The Morgan fingerprint density at radius 1 is 0.955 bits per heavy atom. The summed E-state index contributed by atoms with van der Waals surface area (Å²) in [7, 11) is 0. The Morgan fingerprint density at radius 2 is 1.82 bits per heavy atom. The molecule has 4 heteroatoms. The summed E-state index contributed by atoms with van der Waals surface area (Å²) in [6, 6.07) is 15.0. The van der Waals surface area contributed by atoms with E-state index in [2.05, 4.69) is 33.5 Å². The Hall–Kier alpha value is -2.04. The third-order valence-electron chi connectivity index (χ3n) is 3.38. The molecule has 2 heterocycles. The molecule has 0 atom stereocenters. The highest BCUT2D eigenvalue weighted by atomic mass is 32.1. The molecule has 0 aliphatic rings. The fourth-order valence-corrected chi connectivity index (χ4v) is 3.18. The first-order chi connectivity index (χ1) is 10.8. The van der Waals surface area contributed by atoms with Crippen LogP contribution in [0.2, 0.25) is 0 Å². The first-order valence-electron chi connectivity index (χ1n) is 7.18. The van der Waals surface area contributed by atoms with Crippen LogP contribution in [-0.2, 0) is 19.6 Å². The molecular formula is C18H17FN2S. The molecule has 2 aromatic heterocycles. The Labute approximate surface area is 133 Å². The summed E-state index contributed by atoms with van der Waals surface area (Å²) in [5, 5.41) is 2.08. The molecule has 0 saturated heterocycles. The molecule has 2 nitrogen and oxygen atoms in total. The van der Waals surface area contributed by atoms with Gasteiger partial charge in [0.05, 0.1) is 0 Å². The minimum Gasteiger partial charge on any atom is -0.290 e. The second-order valence-electron chi connectivity index (χ2n) is 5.22. The van der Waals surface area contributed by atoms with E-state index < -0.39 is 0 Å². The molecule has 0 N–H and O–H groups in total. The van der Waals surface area contributed by atoms with Crippen LogP contribution in [0.15, 0.2) is 66.3 Å². The number of rotatable bonds is 6. The number of thiophene rings is 1. The molecule has 22 heavy (non-hydrogen) atoms. The summed E-state index contributed by atoms with van der Waals surface area (Å²) >= 11 is 1.74. The lowest BCUT2D eigenvalue weighted by molar-refractivity contribution is 0.249. The van der Waals surface area contributed by atoms with Gasteiger partial charge in [-0.05, 0) is 40.8 Å². The van der Waals surface area contributed by atoms with Crippen LogP contribution in [0.5, 0.6) is 0 Å². The number of nitrogens with zero attached hydrogens (tertiary/aromatic N) is 2. The van der Waals surface area contributed by atoms with Crippen molar-refractivity contribution in [3.8, 4) is 0 Å².